The van der Waals surface area contributed by atoms with Gasteiger partial charge in [0.1, 0.15) is 29.6 Å². The summed E-state index contributed by atoms with van der Waals surface area (Å²) in [6.45, 7) is 5.34. The number of carbonyl (C=O) groups is 1. The van der Waals surface area contributed by atoms with Crippen LogP contribution in [0.25, 0.3) is 11.5 Å². The number of nitrogens with zero attached hydrogens (tertiary/aromatic N) is 1. The summed E-state index contributed by atoms with van der Waals surface area (Å²) in [5.41, 5.74) is 0.984. The molecule has 0 aliphatic carbocycles. The third-order valence-corrected chi connectivity index (χ3v) is 4.39. The van der Waals surface area contributed by atoms with Gasteiger partial charge in [-0.05, 0) is 61.9 Å². The largest absolute Gasteiger partial charge is 0.487 e. The first-order chi connectivity index (χ1) is 14.2. The van der Waals surface area contributed by atoms with E-state index in [9.17, 15) is 18.0 Å². The van der Waals surface area contributed by atoms with E-state index in [4.69, 9.17) is 13.9 Å². The fourth-order valence-electron chi connectivity index (χ4n) is 2.66. The normalized spacial score (nSPS) is 11.4. The van der Waals surface area contributed by atoms with Gasteiger partial charge in [-0.1, -0.05) is 6.92 Å². The van der Waals surface area contributed by atoms with Crippen molar-refractivity contribution in [3.63, 3.8) is 0 Å². The molecule has 0 saturated heterocycles. The van der Waals surface area contributed by atoms with E-state index in [2.05, 4.69) is 4.98 Å². The van der Waals surface area contributed by atoms with Gasteiger partial charge in [0.15, 0.2) is 0 Å². The van der Waals surface area contributed by atoms with Crippen molar-refractivity contribution in [2.45, 2.75) is 40.0 Å². The molecule has 1 aromatic heterocycles. The molecule has 8 heteroatoms. The number of hydrogen-bond donors (Lipinski definition) is 0. The second kappa shape index (κ2) is 8.61. The first-order valence-corrected chi connectivity index (χ1v) is 9.25. The summed E-state index contributed by atoms with van der Waals surface area (Å²) < 4.78 is 54.7. The van der Waals surface area contributed by atoms with Gasteiger partial charge >= 0.3 is 12.1 Å². The van der Waals surface area contributed by atoms with E-state index in [1.807, 2.05) is 0 Å². The topological polar surface area (TPSA) is 61.6 Å². The molecule has 5 nitrogen and oxygen atoms in total. The minimum absolute atomic E-state index is 0.115. The molecule has 0 N–H and O–H groups in total. The average Bonchev–Trinajstić information content (AvgIpc) is 3.08. The molecular formula is C22H20F3NO4. The third kappa shape index (κ3) is 5.00. The number of esters is 1. The summed E-state index contributed by atoms with van der Waals surface area (Å²) in [4.78, 5) is 15.8. The number of rotatable bonds is 6. The molecule has 0 unspecified atom stereocenters. The van der Waals surface area contributed by atoms with Crippen LogP contribution < -0.4 is 9.47 Å². The Balaban J connectivity index is 1.69. The molecule has 0 atom stereocenters. The monoisotopic (exact) mass is 419 g/mol. The standard InChI is InChI=1S/C22H20F3NO4/c1-4-20(27)30-19-10-9-17(11-13(19)2)28-12-18-14(3)29-21(26-18)15-5-7-16(8-6-15)22(23,24)25/h5-11H,4,12H2,1-3H3. The number of oxazole rings is 1. The van der Waals surface area contributed by atoms with Crippen LogP contribution in [-0.4, -0.2) is 11.0 Å². The van der Waals surface area contributed by atoms with Crippen molar-refractivity contribution in [2.75, 3.05) is 0 Å². The molecule has 3 rings (SSSR count). The fourth-order valence-corrected chi connectivity index (χ4v) is 2.66. The minimum Gasteiger partial charge on any atom is -0.487 e. The van der Waals surface area contributed by atoms with Gasteiger partial charge in [0.2, 0.25) is 5.89 Å². The Morgan fingerprint density at radius 3 is 2.40 bits per heavy atom. The van der Waals surface area contributed by atoms with E-state index >= 15 is 0 Å². The summed E-state index contributed by atoms with van der Waals surface area (Å²) in [5, 5.41) is 0. The molecule has 0 fully saturated rings. The minimum atomic E-state index is -4.40. The lowest BCUT2D eigenvalue weighted by molar-refractivity contribution is -0.137. The molecule has 0 aliphatic heterocycles. The number of ether oxygens (including phenoxy) is 2. The van der Waals surface area contributed by atoms with Crippen LogP contribution in [0.3, 0.4) is 0 Å². The number of hydrogen-bond acceptors (Lipinski definition) is 5. The molecule has 0 amide bonds. The van der Waals surface area contributed by atoms with Gasteiger partial charge in [0, 0.05) is 12.0 Å². The zero-order valence-corrected chi connectivity index (χ0v) is 16.7. The number of alkyl halides is 3. The zero-order chi connectivity index (χ0) is 21.9. The smallest absolute Gasteiger partial charge is 0.416 e. The lowest BCUT2D eigenvalue weighted by atomic mass is 10.1. The molecule has 0 aliphatic rings. The summed E-state index contributed by atoms with van der Waals surface area (Å²) in [5.74, 6) is 1.44. The molecule has 2 aromatic carbocycles. The molecule has 1 heterocycles. The van der Waals surface area contributed by atoms with Crippen molar-refractivity contribution >= 4 is 5.97 Å². The first-order valence-electron chi connectivity index (χ1n) is 9.25. The van der Waals surface area contributed by atoms with Crippen LogP contribution in [0.5, 0.6) is 11.5 Å². The predicted molar refractivity (Wildman–Crippen MR) is 103 cm³/mol. The van der Waals surface area contributed by atoms with Crippen LogP contribution >= 0.6 is 0 Å². The van der Waals surface area contributed by atoms with E-state index in [1.165, 1.54) is 12.1 Å². The zero-order valence-electron chi connectivity index (χ0n) is 16.7. The first kappa shape index (κ1) is 21.4. The molecule has 0 radical (unpaired) electrons. The van der Waals surface area contributed by atoms with Crippen LogP contribution in [0.1, 0.15) is 35.9 Å². The average molecular weight is 419 g/mol. The van der Waals surface area contributed by atoms with E-state index in [1.54, 1.807) is 39.0 Å². The van der Waals surface area contributed by atoms with Crippen LogP contribution in [0.2, 0.25) is 0 Å². The Hall–Kier alpha value is -3.29. The number of carbonyl (C=O) groups excluding carboxylic acids is 1. The summed E-state index contributed by atoms with van der Waals surface area (Å²) in [7, 11) is 0. The molecule has 158 valence electrons. The van der Waals surface area contributed by atoms with Gasteiger partial charge in [-0.25, -0.2) is 4.98 Å². The van der Waals surface area contributed by atoms with Gasteiger partial charge in [0.25, 0.3) is 0 Å². The Bertz CT molecular complexity index is 1040. The van der Waals surface area contributed by atoms with Crippen molar-refractivity contribution < 1.29 is 31.9 Å². The second-order valence-electron chi connectivity index (χ2n) is 6.64. The number of aryl methyl sites for hydroxylation is 2. The van der Waals surface area contributed by atoms with E-state index in [-0.39, 0.29) is 24.9 Å². The third-order valence-electron chi connectivity index (χ3n) is 4.39. The van der Waals surface area contributed by atoms with Crippen molar-refractivity contribution in [2.24, 2.45) is 0 Å². The highest BCUT2D eigenvalue weighted by Crippen LogP contribution is 2.31. The highest BCUT2D eigenvalue weighted by molar-refractivity contribution is 5.72. The van der Waals surface area contributed by atoms with Crippen molar-refractivity contribution in [1.29, 1.82) is 0 Å². The van der Waals surface area contributed by atoms with E-state index < -0.39 is 11.7 Å². The quantitative estimate of drug-likeness (QED) is 0.369. The second-order valence-corrected chi connectivity index (χ2v) is 6.64. The van der Waals surface area contributed by atoms with E-state index in [0.29, 0.717) is 28.5 Å². The lowest BCUT2D eigenvalue weighted by Crippen LogP contribution is -2.06. The van der Waals surface area contributed by atoms with Crippen LogP contribution in [0.4, 0.5) is 13.2 Å². The lowest BCUT2D eigenvalue weighted by Gasteiger charge is -2.09. The summed E-state index contributed by atoms with van der Waals surface area (Å²) >= 11 is 0. The van der Waals surface area contributed by atoms with Gasteiger partial charge in [-0.15, -0.1) is 0 Å². The Labute approximate surface area is 171 Å². The van der Waals surface area contributed by atoms with Crippen molar-refractivity contribution in [1.82, 2.24) is 4.98 Å². The molecule has 0 bridgehead atoms. The molecule has 30 heavy (non-hydrogen) atoms. The Morgan fingerprint density at radius 1 is 1.10 bits per heavy atom. The maximum absolute atomic E-state index is 12.7. The molecule has 0 spiro atoms. The van der Waals surface area contributed by atoms with Crippen molar-refractivity contribution in [3.05, 3.63) is 65.0 Å². The molecular weight excluding hydrogens is 399 g/mol. The highest BCUT2D eigenvalue weighted by atomic mass is 19.4. The molecule has 3 aromatic rings. The summed E-state index contributed by atoms with van der Waals surface area (Å²) in [6, 6.07) is 9.68. The van der Waals surface area contributed by atoms with Crippen LogP contribution in [0.15, 0.2) is 46.9 Å². The van der Waals surface area contributed by atoms with Gasteiger partial charge in [-0.2, -0.15) is 13.2 Å². The number of aromatic nitrogens is 1. The fraction of sp³-hybridized carbons (Fsp3) is 0.273. The number of halogens is 3. The molecule has 0 saturated carbocycles. The predicted octanol–water partition coefficient (Wildman–Crippen LogP) is 5.87. The maximum atomic E-state index is 12.7. The Kier molecular flexibility index (Phi) is 6.14. The maximum Gasteiger partial charge on any atom is 0.416 e. The van der Waals surface area contributed by atoms with E-state index in [0.717, 1.165) is 17.7 Å². The Morgan fingerprint density at radius 2 is 1.80 bits per heavy atom. The van der Waals surface area contributed by atoms with Gasteiger partial charge in [-0.3, -0.25) is 4.79 Å². The van der Waals surface area contributed by atoms with Gasteiger partial charge < -0.3 is 13.9 Å². The number of benzene rings is 2. The van der Waals surface area contributed by atoms with Crippen molar-refractivity contribution in [3.8, 4) is 23.0 Å². The SMILES string of the molecule is CCC(=O)Oc1ccc(OCc2nc(-c3ccc(C(F)(F)F)cc3)oc2C)cc1C. The highest BCUT2D eigenvalue weighted by Gasteiger charge is 2.30. The summed E-state index contributed by atoms with van der Waals surface area (Å²) in [6.07, 6.45) is -4.11. The van der Waals surface area contributed by atoms with Gasteiger partial charge in [0.05, 0.1) is 5.56 Å². The van der Waals surface area contributed by atoms with Crippen LogP contribution in [0, 0.1) is 13.8 Å². The van der Waals surface area contributed by atoms with Crippen LogP contribution in [-0.2, 0) is 17.6 Å².